The predicted octanol–water partition coefficient (Wildman–Crippen LogP) is 0.973. The maximum Gasteiger partial charge on any atom is 0.326 e. The van der Waals surface area contributed by atoms with Gasteiger partial charge in [0.2, 0.25) is 5.91 Å². The Balaban J connectivity index is 2.50. The number of carboxylic acid groups (broad SMARTS) is 1. The number of nitrogens with zero attached hydrogens (tertiary/aromatic N) is 1. The molecule has 2 N–H and O–H groups in total. The number of carbonyl (C=O) groups is 2. The minimum atomic E-state index is -1.01. The standard InChI is InChI=1S/C10H14N2O3S/c1-3-8(10(14)15)12-9(13)4-7-5-16-6(2)11-7/h5,8H,3-4H2,1-2H3,(H,12,13)(H,14,15)/t8-/m1/s1. The number of hydrogen-bond acceptors (Lipinski definition) is 4. The van der Waals surface area contributed by atoms with E-state index in [-0.39, 0.29) is 12.3 Å². The molecule has 0 aromatic carbocycles. The highest BCUT2D eigenvalue weighted by Gasteiger charge is 2.17. The molecule has 0 spiro atoms. The van der Waals surface area contributed by atoms with Crippen molar-refractivity contribution in [3.8, 4) is 0 Å². The molecule has 1 rings (SSSR count). The lowest BCUT2D eigenvalue weighted by molar-refractivity contribution is -0.141. The summed E-state index contributed by atoms with van der Waals surface area (Å²) in [5.41, 5.74) is 0.681. The third-order valence-corrected chi connectivity index (χ3v) is 2.87. The third kappa shape index (κ3) is 3.62. The second-order valence-corrected chi connectivity index (χ2v) is 4.46. The molecule has 0 unspecified atom stereocenters. The summed E-state index contributed by atoms with van der Waals surface area (Å²) in [6, 6.07) is -0.813. The van der Waals surface area contributed by atoms with E-state index in [1.54, 1.807) is 12.3 Å². The van der Waals surface area contributed by atoms with Crippen LogP contribution in [0.3, 0.4) is 0 Å². The Hall–Kier alpha value is -1.43. The smallest absolute Gasteiger partial charge is 0.326 e. The molecule has 1 atom stereocenters. The van der Waals surface area contributed by atoms with Crippen LogP contribution in [-0.2, 0) is 16.0 Å². The minimum Gasteiger partial charge on any atom is -0.480 e. The molecular weight excluding hydrogens is 228 g/mol. The van der Waals surface area contributed by atoms with Gasteiger partial charge in [0.15, 0.2) is 0 Å². The average molecular weight is 242 g/mol. The normalized spacial score (nSPS) is 12.1. The molecule has 0 radical (unpaired) electrons. The van der Waals surface area contributed by atoms with Gasteiger partial charge in [-0.3, -0.25) is 4.79 Å². The Kier molecular flexibility index (Phi) is 4.42. The number of carbonyl (C=O) groups excluding carboxylic acids is 1. The molecule has 0 fully saturated rings. The van der Waals surface area contributed by atoms with Crippen LogP contribution >= 0.6 is 11.3 Å². The fraction of sp³-hybridized carbons (Fsp3) is 0.500. The minimum absolute atomic E-state index is 0.133. The average Bonchev–Trinajstić information content (AvgIpc) is 2.60. The monoisotopic (exact) mass is 242 g/mol. The Labute approximate surface area is 97.5 Å². The van der Waals surface area contributed by atoms with Crippen LogP contribution in [0, 0.1) is 6.92 Å². The highest BCUT2D eigenvalue weighted by Crippen LogP contribution is 2.08. The van der Waals surface area contributed by atoms with E-state index in [4.69, 9.17) is 5.11 Å². The lowest BCUT2D eigenvalue weighted by atomic mass is 10.2. The number of aromatic nitrogens is 1. The number of carboxylic acids is 1. The Morgan fingerprint density at radius 2 is 2.31 bits per heavy atom. The van der Waals surface area contributed by atoms with E-state index >= 15 is 0 Å². The Bertz CT molecular complexity index is 389. The molecule has 0 aliphatic rings. The van der Waals surface area contributed by atoms with Crippen molar-refractivity contribution in [3.05, 3.63) is 16.1 Å². The van der Waals surface area contributed by atoms with Gasteiger partial charge in [-0.1, -0.05) is 6.92 Å². The number of rotatable bonds is 5. The predicted molar refractivity (Wildman–Crippen MR) is 60.4 cm³/mol. The van der Waals surface area contributed by atoms with Gasteiger partial charge in [-0.15, -0.1) is 11.3 Å². The van der Waals surface area contributed by atoms with Crippen LogP contribution in [0.25, 0.3) is 0 Å². The van der Waals surface area contributed by atoms with Crippen molar-refractivity contribution >= 4 is 23.2 Å². The topological polar surface area (TPSA) is 79.3 Å². The summed E-state index contributed by atoms with van der Waals surface area (Å²) < 4.78 is 0. The van der Waals surface area contributed by atoms with E-state index in [1.165, 1.54) is 11.3 Å². The van der Waals surface area contributed by atoms with E-state index in [0.29, 0.717) is 12.1 Å². The van der Waals surface area contributed by atoms with Crippen LogP contribution in [0.15, 0.2) is 5.38 Å². The summed E-state index contributed by atoms with van der Waals surface area (Å²) in [6.45, 7) is 3.57. The van der Waals surface area contributed by atoms with Crippen LogP contribution in [0.2, 0.25) is 0 Å². The summed E-state index contributed by atoms with van der Waals surface area (Å²) in [4.78, 5) is 26.3. The van der Waals surface area contributed by atoms with Gasteiger partial charge in [0.05, 0.1) is 17.1 Å². The zero-order chi connectivity index (χ0) is 12.1. The van der Waals surface area contributed by atoms with E-state index in [0.717, 1.165) is 5.01 Å². The number of amides is 1. The van der Waals surface area contributed by atoms with Crippen LogP contribution < -0.4 is 5.32 Å². The zero-order valence-electron chi connectivity index (χ0n) is 9.19. The van der Waals surface area contributed by atoms with E-state index in [9.17, 15) is 9.59 Å². The maximum absolute atomic E-state index is 11.5. The van der Waals surface area contributed by atoms with Crippen molar-refractivity contribution < 1.29 is 14.7 Å². The number of aryl methyl sites for hydroxylation is 1. The molecule has 1 aromatic rings. The van der Waals surface area contributed by atoms with Crippen molar-refractivity contribution in [2.75, 3.05) is 0 Å². The fourth-order valence-corrected chi connectivity index (χ4v) is 1.85. The molecule has 1 aromatic heterocycles. The van der Waals surface area contributed by atoms with Gasteiger partial charge in [0, 0.05) is 5.38 Å². The summed E-state index contributed by atoms with van der Waals surface area (Å²) in [5.74, 6) is -1.31. The first-order valence-corrected chi connectivity index (χ1v) is 5.84. The summed E-state index contributed by atoms with van der Waals surface area (Å²) >= 11 is 1.47. The molecule has 0 aliphatic heterocycles. The number of hydrogen-bond donors (Lipinski definition) is 2. The highest BCUT2D eigenvalue weighted by molar-refractivity contribution is 7.09. The van der Waals surface area contributed by atoms with E-state index in [2.05, 4.69) is 10.3 Å². The molecule has 0 saturated carbocycles. The molecule has 0 bridgehead atoms. The van der Waals surface area contributed by atoms with Crippen molar-refractivity contribution in [1.29, 1.82) is 0 Å². The molecule has 1 amide bonds. The van der Waals surface area contributed by atoms with Gasteiger partial charge in [-0.05, 0) is 13.3 Å². The number of aliphatic carboxylic acids is 1. The van der Waals surface area contributed by atoms with E-state index in [1.807, 2.05) is 6.92 Å². The lowest BCUT2D eigenvalue weighted by Gasteiger charge is -2.11. The highest BCUT2D eigenvalue weighted by atomic mass is 32.1. The molecule has 16 heavy (non-hydrogen) atoms. The molecule has 88 valence electrons. The molecular formula is C10H14N2O3S. The van der Waals surface area contributed by atoms with Crippen LogP contribution in [0.5, 0.6) is 0 Å². The molecule has 6 heteroatoms. The molecule has 0 saturated heterocycles. The second kappa shape index (κ2) is 5.60. The quantitative estimate of drug-likeness (QED) is 0.806. The Morgan fingerprint density at radius 1 is 1.62 bits per heavy atom. The van der Waals surface area contributed by atoms with Gasteiger partial charge in [-0.25, -0.2) is 9.78 Å². The van der Waals surface area contributed by atoms with E-state index < -0.39 is 12.0 Å². The molecule has 0 aliphatic carbocycles. The number of nitrogens with one attached hydrogen (secondary N) is 1. The van der Waals surface area contributed by atoms with Crippen LogP contribution in [0.1, 0.15) is 24.0 Å². The summed E-state index contributed by atoms with van der Waals surface area (Å²) in [5, 5.41) is 13.9. The zero-order valence-corrected chi connectivity index (χ0v) is 10.0. The van der Waals surface area contributed by atoms with Gasteiger partial charge in [0.25, 0.3) is 0 Å². The van der Waals surface area contributed by atoms with Gasteiger partial charge < -0.3 is 10.4 Å². The first-order chi connectivity index (χ1) is 7.52. The number of thiazole rings is 1. The fourth-order valence-electron chi connectivity index (χ4n) is 1.24. The largest absolute Gasteiger partial charge is 0.480 e. The van der Waals surface area contributed by atoms with Crippen molar-refractivity contribution in [3.63, 3.8) is 0 Å². The Morgan fingerprint density at radius 3 is 2.75 bits per heavy atom. The second-order valence-electron chi connectivity index (χ2n) is 3.40. The lowest BCUT2D eigenvalue weighted by Crippen LogP contribution is -2.41. The maximum atomic E-state index is 11.5. The van der Waals surface area contributed by atoms with Crippen LogP contribution in [0.4, 0.5) is 0 Å². The van der Waals surface area contributed by atoms with Crippen LogP contribution in [-0.4, -0.2) is 28.0 Å². The summed E-state index contributed by atoms with van der Waals surface area (Å²) in [7, 11) is 0. The van der Waals surface area contributed by atoms with Crippen molar-refractivity contribution in [2.24, 2.45) is 0 Å². The molecule has 1 heterocycles. The van der Waals surface area contributed by atoms with Gasteiger partial charge in [0.1, 0.15) is 6.04 Å². The summed E-state index contributed by atoms with van der Waals surface area (Å²) in [6.07, 6.45) is 0.505. The van der Waals surface area contributed by atoms with Gasteiger partial charge in [-0.2, -0.15) is 0 Å². The van der Waals surface area contributed by atoms with Crippen molar-refractivity contribution in [1.82, 2.24) is 10.3 Å². The SMILES string of the molecule is CC[C@@H](NC(=O)Cc1csc(C)n1)C(=O)O. The van der Waals surface area contributed by atoms with Crippen molar-refractivity contribution in [2.45, 2.75) is 32.7 Å². The third-order valence-electron chi connectivity index (χ3n) is 2.05. The van der Waals surface area contributed by atoms with Gasteiger partial charge >= 0.3 is 5.97 Å². The molecule has 5 nitrogen and oxygen atoms in total. The first-order valence-electron chi connectivity index (χ1n) is 4.96. The first kappa shape index (κ1) is 12.6.